The number of alkyl carbamates (subject to hydrolysis) is 1. The summed E-state index contributed by atoms with van der Waals surface area (Å²) in [5.74, 6) is -2.41. The number of hydrogen-bond donors (Lipinski definition) is 3. The number of hydrogen-bond acceptors (Lipinski definition) is 8. The molecule has 1 aromatic carbocycles. The van der Waals surface area contributed by atoms with Gasteiger partial charge in [-0.1, -0.05) is 24.3 Å². The van der Waals surface area contributed by atoms with Gasteiger partial charge in [-0.15, -0.1) is 0 Å². The van der Waals surface area contributed by atoms with Crippen LogP contribution in [0.5, 0.6) is 0 Å². The molecule has 3 N–H and O–H groups in total. The van der Waals surface area contributed by atoms with Crippen molar-refractivity contribution in [1.29, 1.82) is 0 Å². The second kappa shape index (κ2) is 12.3. The normalized spacial score (nSPS) is 16.4. The number of methoxy groups -OCH3 is 1. The average Bonchev–Trinajstić information content (AvgIpc) is 2.84. The fourth-order valence-corrected chi connectivity index (χ4v) is 4.20. The molecule has 214 valence electrons. The van der Waals surface area contributed by atoms with Gasteiger partial charge in [0.2, 0.25) is 10.0 Å². The van der Waals surface area contributed by atoms with Gasteiger partial charge in [0, 0.05) is 12.6 Å². The van der Waals surface area contributed by atoms with E-state index >= 15 is 0 Å². The molecule has 0 saturated heterocycles. The highest BCUT2D eigenvalue weighted by Gasteiger charge is 2.38. The highest BCUT2D eigenvalue weighted by Crippen LogP contribution is 2.25. The first-order chi connectivity index (χ1) is 17.9. The molecule has 1 aliphatic rings. The van der Waals surface area contributed by atoms with Gasteiger partial charge in [0.15, 0.2) is 0 Å². The van der Waals surface area contributed by atoms with Crippen LogP contribution in [0.4, 0.5) is 10.5 Å². The zero-order valence-corrected chi connectivity index (χ0v) is 24.0. The summed E-state index contributed by atoms with van der Waals surface area (Å²) < 4.78 is 35.0. The van der Waals surface area contributed by atoms with E-state index in [9.17, 15) is 27.6 Å². The Kier molecular flexibility index (Phi) is 9.91. The summed E-state index contributed by atoms with van der Waals surface area (Å²) in [7, 11) is -1.31. The maximum absolute atomic E-state index is 13.3. The van der Waals surface area contributed by atoms with Crippen molar-refractivity contribution < 1.29 is 37.1 Å². The van der Waals surface area contributed by atoms with Crippen LogP contribution in [0.3, 0.4) is 0 Å². The van der Waals surface area contributed by atoms with E-state index in [0.717, 1.165) is 17.7 Å². The van der Waals surface area contributed by atoms with Gasteiger partial charge in [-0.25, -0.2) is 18.0 Å². The molecule has 0 bridgehead atoms. The summed E-state index contributed by atoms with van der Waals surface area (Å²) in [6, 6.07) is 3.70. The topological polar surface area (TPSA) is 160 Å². The van der Waals surface area contributed by atoms with Crippen LogP contribution in [0.25, 0.3) is 0 Å². The Hall–Kier alpha value is -3.87. The first-order valence-electron chi connectivity index (χ1n) is 12.1. The van der Waals surface area contributed by atoms with Gasteiger partial charge < -0.3 is 14.8 Å². The Bertz CT molecular complexity index is 1280. The minimum atomic E-state index is -3.71. The second-order valence-corrected chi connectivity index (χ2v) is 12.4. The Balaban J connectivity index is 2.29. The molecule has 0 aliphatic heterocycles. The standard InChI is InChI=1S/C26H36N4O8S/c1-25(2,3)38-24(34)27-26(4,16-17-11-9-8-10-12-17)23(33)29-28-21(31)18-13-19(22(32)37-6)15-20(14-18)30(5)39(7,35)36/h8-11,13-15,17H,12,16H2,1-7H3,(H,27,34)(H,28,31)(H,29,33)/t17?,26-/m1/s1. The van der Waals surface area contributed by atoms with E-state index in [4.69, 9.17) is 9.47 Å². The number of esters is 1. The average molecular weight is 565 g/mol. The Morgan fingerprint density at radius 3 is 2.21 bits per heavy atom. The van der Waals surface area contributed by atoms with Crippen LogP contribution in [0.15, 0.2) is 42.5 Å². The summed E-state index contributed by atoms with van der Waals surface area (Å²) in [6.07, 6.45) is 8.61. The van der Waals surface area contributed by atoms with Gasteiger partial charge in [-0.3, -0.25) is 24.7 Å². The van der Waals surface area contributed by atoms with E-state index in [1.807, 2.05) is 24.3 Å². The number of hydrazine groups is 1. The summed E-state index contributed by atoms with van der Waals surface area (Å²) in [5, 5.41) is 2.62. The minimum absolute atomic E-state index is 0.0328. The molecule has 13 heteroatoms. The van der Waals surface area contributed by atoms with Crippen molar-refractivity contribution >= 4 is 39.6 Å². The van der Waals surface area contributed by atoms with Crippen LogP contribution >= 0.6 is 0 Å². The Morgan fingerprint density at radius 2 is 1.67 bits per heavy atom. The van der Waals surface area contributed by atoms with E-state index in [0.29, 0.717) is 6.42 Å². The highest BCUT2D eigenvalue weighted by molar-refractivity contribution is 7.92. The monoisotopic (exact) mass is 564 g/mol. The van der Waals surface area contributed by atoms with Gasteiger partial charge in [0.05, 0.1) is 24.6 Å². The lowest BCUT2D eigenvalue weighted by Crippen LogP contribution is -2.61. The van der Waals surface area contributed by atoms with Crippen molar-refractivity contribution in [3.05, 3.63) is 53.6 Å². The smallest absolute Gasteiger partial charge is 0.408 e. The molecule has 1 aromatic rings. The van der Waals surface area contributed by atoms with Crippen LogP contribution < -0.4 is 20.5 Å². The minimum Gasteiger partial charge on any atom is -0.465 e. The SMILES string of the molecule is COC(=O)c1cc(C(=O)NNC(=O)[C@@](C)(CC2C=CC=CC2)NC(=O)OC(C)(C)C)cc(N(C)S(C)(=O)=O)c1. The zero-order valence-electron chi connectivity index (χ0n) is 23.2. The molecule has 2 atom stereocenters. The number of nitrogens with one attached hydrogen (secondary N) is 3. The Labute approximate surface area is 228 Å². The molecule has 0 aromatic heterocycles. The molecular formula is C26H36N4O8S. The number of amides is 3. The van der Waals surface area contributed by atoms with Gasteiger partial charge in [-0.2, -0.15) is 0 Å². The van der Waals surface area contributed by atoms with E-state index in [2.05, 4.69) is 16.2 Å². The van der Waals surface area contributed by atoms with Crippen LogP contribution in [-0.2, 0) is 24.3 Å². The maximum atomic E-state index is 13.3. The van der Waals surface area contributed by atoms with Gasteiger partial charge in [0.1, 0.15) is 11.1 Å². The van der Waals surface area contributed by atoms with Gasteiger partial charge in [-0.05, 0) is 64.7 Å². The third kappa shape index (κ3) is 9.13. The largest absolute Gasteiger partial charge is 0.465 e. The van der Waals surface area contributed by atoms with Crippen LogP contribution in [-0.4, -0.2) is 63.8 Å². The van der Waals surface area contributed by atoms with E-state index < -0.39 is 45.0 Å². The molecule has 0 spiro atoms. The van der Waals surface area contributed by atoms with E-state index in [-0.39, 0.29) is 29.2 Å². The number of benzene rings is 1. The molecule has 1 unspecified atom stereocenters. The first kappa shape index (κ1) is 31.3. The number of allylic oxidation sites excluding steroid dienone is 4. The van der Waals surface area contributed by atoms with Gasteiger partial charge in [0.25, 0.3) is 11.8 Å². The number of rotatable bonds is 8. The highest BCUT2D eigenvalue weighted by atomic mass is 32.2. The van der Waals surface area contributed by atoms with E-state index in [1.54, 1.807) is 20.8 Å². The molecule has 3 amide bonds. The predicted octanol–water partition coefficient (Wildman–Crippen LogP) is 2.44. The van der Waals surface area contributed by atoms with E-state index in [1.165, 1.54) is 32.2 Å². The summed E-state index contributed by atoms with van der Waals surface area (Å²) in [4.78, 5) is 51.0. The molecule has 12 nitrogen and oxygen atoms in total. The van der Waals surface area contributed by atoms with Crippen molar-refractivity contribution in [2.45, 2.75) is 51.7 Å². The number of ether oxygens (including phenoxy) is 2. The lowest BCUT2D eigenvalue weighted by Gasteiger charge is -2.33. The fourth-order valence-electron chi connectivity index (χ4n) is 3.71. The lowest BCUT2D eigenvalue weighted by molar-refractivity contribution is -0.128. The van der Waals surface area contributed by atoms with Crippen LogP contribution in [0.2, 0.25) is 0 Å². The van der Waals surface area contributed by atoms with Crippen molar-refractivity contribution in [2.75, 3.05) is 24.7 Å². The predicted molar refractivity (Wildman–Crippen MR) is 145 cm³/mol. The van der Waals surface area contributed by atoms with Crippen molar-refractivity contribution in [2.24, 2.45) is 5.92 Å². The second-order valence-electron chi connectivity index (χ2n) is 10.4. The third-order valence-electron chi connectivity index (χ3n) is 5.77. The summed E-state index contributed by atoms with van der Waals surface area (Å²) in [5.41, 5.74) is 2.15. The van der Waals surface area contributed by atoms with Crippen LogP contribution in [0.1, 0.15) is 61.3 Å². The van der Waals surface area contributed by atoms with Crippen LogP contribution in [0, 0.1) is 5.92 Å². The number of nitrogens with zero attached hydrogens (tertiary/aromatic N) is 1. The number of carbonyl (C=O) groups is 4. The molecule has 0 saturated carbocycles. The fraction of sp³-hybridized carbons (Fsp3) is 0.462. The third-order valence-corrected chi connectivity index (χ3v) is 6.98. The summed E-state index contributed by atoms with van der Waals surface area (Å²) in [6.45, 7) is 6.59. The quantitative estimate of drug-likeness (QED) is 0.321. The zero-order chi connectivity index (χ0) is 29.6. The molecule has 1 aliphatic carbocycles. The molecule has 0 radical (unpaired) electrons. The molecular weight excluding hydrogens is 528 g/mol. The Morgan fingerprint density at radius 1 is 1.03 bits per heavy atom. The molecule has 2 rings (SSSR count). The van der Waals surface area contributed by atoms with Crippen molar-refractivity contribution in [1.82, 2.24) is 16.2 Å². The van der Waals surface area contributed by atoms with Gasteiger partial charge >= 0.3 is 12.1 Å². The molecule has 0 heterocycles. The summed E-state index contributed by atoms with van der Waals surface area (Å²) >= 11 is 0. The first-order valence-corrected chi connectivity index (χ1v) is 13.9. The number of sulfonamides is 1. The molecule has 39 heavy (non-hydrogen) atoms. The number of carbonyl (C=O) groups excluding carboxylic acids is 4. The maximum Gasteiger partial charge on any atom is 0.408 e. The van der Waals surface area contributed by atoms with Crippen molar-refractivity contribution in [3.8, 4) is 0 Å². The van der Waals surface area contributed by atoms with Crippen molar-refractivity contribution in [3.63, 3.8) is 0 Å². The molecule has 0 fully saturated rings. The lowest BCUT2D eigenvalue weighted by atomic mass is 9.85. The number of anilines is 1.